The van der Waals surface area contributed by atoms with Crippen LogP contribution in [-0.2, 0) is 11.4 Å². The maximum Gasteiger partial charge on any atom is 0.264 e. The van der Waals surface area contributed by atoms with Gasteiger partial charge in [-0.2, -0.15) is 0 Å². The molecule has 3 aromatic rings. The highest BCUT2D eigenvalue weighted by molar-refractivity contribution is 9.11. The van der Waals surface area contributed by atoms with E-state index in [9.17, 15) is 4.79 Å². The molecule has 0 radical (unpaired) electrons. The lowest BCUT2D eigenvalue weighted by atomic mass is 10.2. The number of carbonyl (C=O) groups excluding carboxylic acids is 1. The normalized spacial score (nSPS) is 16.0. The number of aliphatic imine (C=N–C) groups is 1. The predicted octanol–water partition coefficient (Wildman–Crippen LogP) is 7.34. The summed E-state index contributed by atoms with van der Waals surface area (Å²) in [4.78, 5) is 17.3. The number of ether oxygens (including phenoxy) is 1. The fraction of sp³-hybridized carbons (Fsp3) is 0.0435. The Bertz CT molecular complexity index is 1200. The Morgan fingerprint density at radius 1 is 1.06 bits per heavy atom. The van der Waals surface area contributed by atoms with Gasteiger partial charge in [-0.15, -0.1) is 0 Å². The first-order valence-corrected chi connectivity index (χ1v) is 12.0. The monoisotopic (exact) mass is 576 g/mol. The third-order valence-corrected chi connectivity index (χ3v) is 6.65. The number of carbonyl (C=O) groups is 1. The number of nitrogens with one attached hydrogen (secondary N) is 1. The topological polar surface area (TPSA) is 50.7 Å². The Morgan fingerprint density at radius 3 is 2.61 bits per heavy atom. The highest BCUT2D eigenvalue weighted by atomic mass is 79.9. The Kier molecular flexibility index (Phi) is 7.17. The number of halogens is 3. The first-order valence-electron chi connectivity index (χ1n) is 9.18. The molecule has 1 fully saturated rings. The van der Waals surface area contributed by atoms with Crippen molar-refractivity contribution in [2.75, 3.05) is 0 Å². The summed E-state index contributed by atoms with van der Waals surface area (Å²) >= 11 is 14.3. The molecule has 0 spiro atoms. The van der Waals surface area contributed by atoms with E-state index in [-0.39, 0.29) is 5.91 Å². The summed E-state index contributed by atoms with van der Waals surface area (Å²) in [5.41, 5.74) is 2.65. The molecule has 0 aromatic heterocycles. The maximum absolute atomic E-state index is 12.3. The van der Waals surface area contributed by atoms with Crippen LogP contribution in [0.15, 0.2) is 85.6 Å². The van der Waals surface area contributed by atoms with E-state index in [1.54, 1.807) is 12.1 Å². The van der Waals surface area contributed by atoms with Crippen molar-refractivity contribution in [2.45, 2.75) is 6.61 Å². The second kappa shape index (κ2) is 10.0. The molecule has 0 saturated carbocycles. The molecule has 4 rings (SSSR count). The van der Waals surface area contributed by atoms with Crippen molar-refractivity contribution in [1.82, 2.24) is 5.32 Å². The number of nitrogens with zero attached hydrogens (tertiary/aromatic N) is 1. The average Bonchev–Trinajstić information content (AvgIpc) is 3.07. The van der Waals surface area contributed by atoms with Gasteiger partial charge in [-0.3, -0.25) is 4.79 Å². The summed E-state index contributed by atoms with van der Waals surface area (Å²) in [5.74, 6) is 0.579. The predicted molar refractivity (Wildman–Crippen MR) is 135 cm³/mol. The summed E-state index contributed by atoms with van der Waals surface area (Å²) in [5, 5.41) is 3.91. The average molecular weight is 579 g/mol. The second-order valence-electron chi connectivity index (χ2n) is 6.56. The zero-order chi connectivity index (χ0) is 21.8. The van der Waals surface area contributed by atoms with Crippen LogP contribution in [-0.4, -0.2) is 11.1 Å². The van der Waals surface area contributed by atoms with Crippen LogP contribution in [0.2, 0.25) is 5.02 Å². The van der Waals surface area contributed by atoms with E-state index in [0.717, 1.165) is 25.8 Å². The summed E-state index contributed by atoms with van der Waals surface area (Å²) in [6, 6.07) is 20.8. The molecule has 1 N–H and O–H groups in total. The van der Waals surface area contributed by atoms with E-state index in [4.69, 9.17) is 16.3 Å². The van der Waals surface area contributed by atoms with Crippen LogP contribution in [0.4, 0.5) is 5.69 Å². The van der Waals surface area contributed by atoms with Crippen LogP contribution in [0.25, 0.3) is 6.08 Å². The van der Waals surface area contributed by atoms with Crippen molar-refractivity contribution in [3.05, 3.63) is 96.7 Å². The second-order valence-corrected chi connectivity index (χ2v) is 9.79. The molecule has 1 heterocycles. The molecular weight excluding hydrogens is 564 g/mol. The van der Waals surface area contributed by atoms with Gasteiger partial charge < -0.3 is 10.1 Å². The van der Waals surface area contributed by atoms with Crippen molar-refractivity contribution >= 4 is 78.1 Å². The fourth-order valence-corrected chi connectivity index (χ4v) is 4.94. The van der Waals surface area contributed by atoms with Crippen LogP contribution in [0.3, 0.4) is 0 Å². The molecular formula is C23H15Br2ClN2O2S. The molecule has 0 bridgehead atoms. The van der Waals surface area contributed by atoms with Gasteiger partial charge in [0.25, 0.3) is 5.91 Å². The first-order chi connectivity index (χ1) is 15.0. The summed E-state index contributed by atoms with van der Waals surface area (Å²) in [7, 11) is 0. The summed E-state index contributed by atoms with van der Waals surface area (Å²) in [6.07, 6.45) is 1.83. The highest BCUT2D eigenvalue weighted by Crippen LogP contribution is 2.29. The largest absolute Gasteiger partial charge is 0.489 e. The smallest absolute Gasteiger partial charge is 0.264 e. The van der Waals surface area contributed by atoms with Crippen molar-refractivity contribution in [1.29, 1.82) is 0 Å². The Labute approximate surface area is 206 Å². The van der Waals surface area contributed by atoms with E-state index in [2.05, 4.69) is 42.2 Å². The molecule has 156 valence electrons. The minimum atomic E-state index is -0.175. The Balaban J connectivity index is 1.41. The molecule has 31 heavy (non-hydrogen) atoms. The maximum atomic E-state index is 12.3. The molecule has 3 aromatic carbocycles. The Hall–Kier alpha value is -2.06. The van der Waals surface area contributed by atoms with E-state index in [0.29, 0.717) is 27.4 Å². The number of rotatable bonds is 5. The van der Waals surface area contributed by atoms with Crippen LogP contribution in [0, 0.1) is 0 Å². The summed E-state index contributed by atoms with van der Waals surface area (Å²) in [6.45, 7) is 0.454. The fourth-order valence-electron chi connectivity index (χ4n) is 2.75. The van der Waals surface area contributed by atoms with Crippen molar-refractivity contribution in [3.8, 4) is 5.75 Å². The number of amidine groups is 1. The van der Waals surface area contributed by atoms with E-state index >= 15 is 0 Å². The van der Waals surface area contributed by atoms with Gasteiger partial charge in [-0.05, 0) is 65.9 Å². The van der Waals surface area contributed by atoms with Crippen LogP contribution in [0.5, 0.6) is 5.75 Å². The standard InChI is InChI=1S/C23H15Br2ClN2O2S/c24-16-7-6-15(20(25)11-16)13-30-19-8-4-14(5-9-19)10-21-22(29)28-23(31-21)27-18-3-1-2-17(26)12-18/h1-12H,13H2,(H,27,28,29)/b21-10-. The van der Waals surface area contributed by atoms with Crippen LogP contribution >= 0.6 is 55.2 Å². The number of hydrogen-bond acceptors (Lipinski definition) is 4. The third-order valence-electron chi connectivity index (χ3n) is 4.28. The molecule has 8 heteroatoms. The lowest BCUT2D eigenvalue weighted by Gasteiger charge is -2.08. The van der Waals surface area contributed by atoms with Crippen molar-refractivity contribution in [3.63, 3.8) is 0 Å². The van der Waals surface area contributed by atoms with Gasteiger partial charge in [0.15, 0.2) is 5.17 Å². The van der Waals surface area contributed by atoms with Gasteiger partial charge in [0.2, 0.25) is 0 Å². The number of thioether (sulfide) groups is 1. The minimum Gasteiger partial charge on any atom is -0.489 e. The van der Waals surface area contributed by atoms with E-state index in [1.807, 2.05) is 60.7 Å². The van der Waals surface area contributed by atoms with E-state index < -0.39 is 0 Å². The number of amides is 1. The van der Waals surface area contributed by atoms with Crippen molar-refractivity contribution in [2.24, 2.45) is 4.99 Å². The molecule has 1 amide bonds. The zero-order valence-corrected chi connectivity index (χ0v) is 20.7. The first kappa shape index (κ1) is 22.1. The summed E-state index contributed by atoms with van der Waals surface area (Å²) < 4.78 is 7.87. The molecule has 0 unspecified atom stereocenters. The quantitative estimate of drug-likeness (QED) is 0.323. The van der Waals surface area contributed by atoms with Gasteiger partial charge in [0.1, 0.15) is 12.4 Å². The van der Waals surface area contributed by atoms with Gasteiger partial charge in [-0.25, -0.2) is 4.99 Å². The van der Waals surface area contributed by atoms with Gasteiger partial charge in [0, 0.05) is 19.5 Å². The minimum absolute atomic E-state index is 0.175. The molecule has 0 atom stereocenters. The molecule has 1 aliphatic heterocycles. The van der Waals surface area contributed by atoms with Gasteiger partial charge in [0.05, 0.1) is 10.6 Å². The lowest BCUT2D eigenvalue weighted by Crippen LogP contribution is -2.19. The number of benzene rings is 3. The van der Waals surface area contributed by atoms with Gasteiger partial charge in [-0.1, -0.05) is 67.7 Å². The lowest BCUT2D eigenvalue weighted by molar-refractivity contribution is -0.115. The SMILES string of the molecule is O=C1NC(=Nc2cccc(Cl)c2)S/C1=C\c1ccc(OCc2ccc(Br)cc2Br)cc1. The molecule has 1 aliphatic rings. The molecule has 1 saturated heterocycles. The van der Waals surface area contributed by atoms with Crippen LogP contribution in [0.1, 0.15) is 11.1 Å². The van der Waals surface area contributed by atoms with Crippen molar-refractivity contribution < 1.29 is 9.53 Å². The molecule has 4 nitrogen and oxygen atoms in total. The number of hydrogen-bond donors (Lipinski definition) is 1. The Morgan fingerprint density at radius 2 is 1.87 bits per heavy atom. The molecule has 0 aliphatic carbocycles. The highest BCUT2D eigenvalue weighted by Gasteiger charge is 2.23. The third kappa shape index (κ3) is 6.01. The zero-order valence-electron chi connectivity index (χ0n) is 15.9. The van der Waals surface area contributed by atoms with E-state index in [1.165, 1.54) is 11.8 Å². The van der Waals surface area contributed by atoms with Crippen LogP contribution < -0.4 is 10.1 Å². The van der Waals surface area contributed by atoms with Gasteiger partial charge >= 0.3 is 0 Å².